The second kappa shape index (κ2) is 9.82. The number of aliphatic imine (C=N–C) groups is 1. The summed E-state index contributed by atoms with van der Waals surface area (Å²) in [5.41, 5.74) is 1.44. The smallest absolute Gasteiger partial charge is 0.387 e. The first-order valence-corrected chi connectivity index (χ1v) is 10.7. The number of alkyl halides is 2. The third kappa shape index (κ3) is 5.37. The van der Waals surface area contributed by atoms with Crippen LogP contribution in [0.4, 0.5) is 14.5 Å². The first-order valence-electron chi connectivity index (χ1n) is 9.68. The number of carbonyl (C=O) groups is 1. The second-order valence-corrected chi connectivity index (χ2v) is 7.66. The molecule has 11 heteroatoms. The molecule has 0 saturated heterocycles. The number of nitrogens with zero attached hydrogens (tertiary/aromatic N) is 4. The highest BCUT2D eigenvalue weighted by Crippen LogP contribution is 2.32. The number of amides is 1. The Labute approximate surface area is 191 Å². The van der Waals surface area contributed by atoms with Crippen LogP contribution in [-0.2, 0) is 10.5 Å². The number of hydrogen-bond acceptors (Lipinski definition) is 8. The molecule has 2 heterocycles. The summed E-state index contributed by atoms with van der Waals surface area (Å²) in [5, 5.41) is 8.14. The average Bonchev–Trinajstić information content (AvgIpc) is 3.35. The quantitative estimate of drug-likeness (QED) is 0.462. The summed E-state index contributed by atoms with van der Waals surface area (Å²) in [6.45, 7) is -1.25. The number of carbonyl (C=O) groups excluding carboxylic acids is 1. The first-order chi connectivity index (χ1) is 15.9. The third-order valence-electron chi connectivity index (χ3n) is 4.46. The van der Waals surface area contributed by atoms with Crippen molar-refractivity contribution in [3.8, 4) is 11.5 Å². The summed E-state index contributed by atoms with van der Waals surface area (Å²) in [6.07, 6.45) is 1.66. The van der Waals surface area contributed by atoms with E-state index in [0.717, 1.165) is 5.56 Å². The van der Waals surface area contributed by atoms with E-state index in [4.69, 9.17) is 9.15 Å². The van der Waals surface area contributed by atoms with E-state index in [-0.39, 0.29) is 17.4 Å². The highest BCUT2D eigenvalue weighted by atomic mass is 32.2. The molecule has 1 amide bonds. The molecule has 170 valence electrons. The topological polar surface area (TPSA) is 90.1 Å². The zero-order valence-corrected chi connectivity index (χ0v) is 18.4. The molecule has 33 heavy (non-hydrogen) atoms. The molecule has 0 fully saturated rings. The van der Waals surface area contributed by atoms with Crippen LogP contribution >= 0.6 is 11.8 Å². The van der Waals surface area contributed by atoms with E-state index in [1.165, 1.54) is 40.9 Å². The predicted molar refractivity (Wildman–Crippen MR) is 119 cm³/mol. The number of aromatic nitrogens is 2. The Morgan fingerprint density at radius 2 is 1.79 bits per heavy atom. The monoisotopic (exact) mass is 472 g/mol. The molecule has 1 aliphatic heterocycles. The average molecular weight is 472 g/mol. The van der Waals surface area contributed by atoms with Crippen molar-refractivity contribution in [1.29, 1.82) is 0 Å². The van der Waals surface area contributed by atoms with Gasteiger partial charge in [0.1, 0.15) is 17.2 Å². The van der Waals surface area contributed by atoms with Crippen LogP contribution < -0.4 is 14.4 Å². The molecule has 0 unspecified atom stereocenters. The van der Waals surface area contributed by atoms with E-state index in [9.17, 15) is 13.6 Å². The minimum absolute atomic E-state index is 0.0122. The van der Waals surface area contributed by atoms with Crippen molar-refractivity contribution in [3.63, 3.8) is 0 Å². The van der Waals surface area contributed by atoms with Gasteiger partial charge in [0.2, 0.25) is 11.8 Å². The summed E-state index contributed by atoms with van der Waals surface area (Å²) < 4.78 is 39.9. The van der Waals surface area contributed by atoms with Gasteiger partial charge in [0.05, 0.1) is 18.6 Å². The number of hydrogen-bond donors (Lipinski definition) is 0. The number of methoxy groups -OCH3 is 1. The first kappa shape index (κ1) is 22.5. The molecule has 3 aromatic rings. The third-order valence-corrected chi connectivity index (χ3v) is 5.38. The number of anilines is 1. The number of halogens is 2. The maximum Gasteiger partial charge on any atom is 0.387 e. The maximum atomic E-state index is 13.2. The van der Waals surface area contributed by atoms with Gasteiger partial charge in [-0.25, -0.2) is 4.99 Å². The van der Waals surface area contributed by atoms with E-state index in [1.54, 1.807) is 32.2 Å². The number of ether oxygens (including phenoxy) is 2. The fourth-order valence-electron chi connectivity index (χ4n) is 2.98. The van der Waals surface area contributed by atoms with Crippen LogP contribution in [0.2, 0.25) is 0 Å². The van der Waals surface area contributed by atoms with Crippen molar-refractivity contribution in [2.75, 3.05) is 12.0 Å². The molecule has 8 nitrogen and oxygen atoms in total. The number of aryl methyl sites for hydroxylation is 1. The Balaban J connectivity index is 1.62. The van der Waals surface area contributed by atoms with E-state index >= 15 is 0 Å². The van der Waals surface area contributed by atoms with E-state index in [0.29, 0.717) is 34.1 Å². The van der Waals surface area contributed by atoms with Crippen LogP contribution in [0.1, 0.15) is 17.3 Å². The van der Waals surface area contributed by atoms with Crippen molar-refractivity contribution in [2.45, 2.75) is 19.3 Å². The molecule has 2 aromatic carbocycles. The summed E-state index contributed by atoms with van der Waals surface area (Å²) in [6, 6.07) is 12.9. The zero-order valence-electron chi connectivity index (χ0n) is 17.6. The molecular weight excluding hydrogens is 454 g/mol. The fraction of sp³-hybridized carbons (Fsp3) is 0.182. The van der Waals surface area contributed by atoms with Gasteiger partial charge in [-0.15, -0.1) is 10.2 Å². The molecule has 0 aliphatic carbocycles. The molecule has 4 rings (SSSR count). The Morgan fingerprint density at radius 3 is 2.39 bits per heavy atom. The van der Waals surface area contributed by atoms with Crippen molar-refractivity contribution in [1.82, 2.24) is 10.2 Å². The fourth-order valence-corrected chi connectivity index (χ4v) is 3.83. The van der Waals surface area contributed by atoms with E-state index in [2.05, 4.69) is 19.9 Å². The van der Waals surface area contributed by atoms with Gasteiger partial charge < -0.3 is 13.9 Å². The molecule has 0 bridgehead atoms. The highest BCUT2D eigenvalue weighted by Gasteiger charge is 2.32. The molecular formula is C22H18F2N4O4S. The lowest BCUT2D eigenvalue weighted by molar-refractivity contribution is -0.113. The van der Waals surface area contributed by atoms with Gasteiger partial charge in [-0.2, -0.15) is 8.78 Å². The lowest BCUT2D eigenvalue weighted by atomic mass is 10.2. The number of benzene rings is 2. The van der Waals surface area contributed by atoms with Gasteiger partial charge in [0.15, 0.2) is 5.17 Å². The van der Waals surface area contributed by atoms with Crippen LogP contribution in [0.25, 0.3) is 6.08 Å². The number of amidine groups is 1. The summed E-state index contributed by atoms with van der Waals surface area (Å²) in [5.74, 6) is 1.44. The molecule has 0 spiro atoms. The molecule has 0 N–H and O–H groups in total. The van der Waals surface area contributed by atoms with Gasteiger partial charge in [0.25, 0.3) is 5.91 Å². The van der Waals surface area contributed by atoms with Crippen LogP contribution in [0, 0.1) is 6.92 Å². The lowest BCUT2D eigenvalue weighted by Crippen LogP contribution is -2.30. The second-order valence-electron chi connectivity index (χ2n) is 6.71. The molecule has 1 aromatic heterocycles. The molecule has 1 aliphatic rings. The predicted octanol–water partition coefficient (Wildman–Crippen LogP) is 4.67. The van der Waals surface area contributed by atoms with Gasteiger partial charge in [-0.05, 0) is 48.0 Å². The van der Waals surface area contributed by atoms with Crippen LogP contribution in [0.15, 0.2) is 63.6 Å². The maximum absolute atomic E-state index is 13.2. The van der Waals surface area contributed by atoms with Gasteiger partial charge >= 0.3 is 6.61 Å². The zero-order chi connectivity index (χ0) is 23.4. The van der Waals surface area contributed by atoms with Gasteiger partial charge in [-0.3, -0.25) is 9.69 Å². The van der Waals surface area contributed by atoms with Crippen molar-refractivity contribution in [3.05, 3.63) is 71.6 Å². The van der Waals surface area contributed by atoms with Crippen LogP contribution in [-0.4, -0.2) is 35.0 Å². The lowest BCUT2D eigenvalue weighted by Gasteiger charge is -2.18. The van der Waals surface area contributed by atoms with Gasteiger partial charge in [-0.1, -0.05) is 23.9 Å². The Kier molecular flexibility index (Phi) is 6.68. The van der Waals surface area contributed by atoms with E-state index in [1.807, 2.05) is 12.1 Å². The highest BCUT2D eigenvalue weighted by molar-refractivity contribution is 8.13. The summed E-state index contributed by atoms with van der Waals surface area (Å²) >= 11 is 1.24. The number of rotatable bonds is 7. The SMILES string of the molecule is COc1ccc(/C=C2\N=C(SCc3nnc(C)o3)N(c3ccc(OC(F)F)cc3)C2=O)cc1. The Hall–Kier alpha value is -3.73. The van der Waals surface area contributed by atoms with Crippen LogP contribution in [0.5, 0.6) is 11.5 Å². The minimum atomic E-state index is -2.94. The van der Waals surface area contributed by atoms with Crippen LogP contribution in [0.3, 0.4) is 0 Å². The Morgan fingerprint density at radius 1 is 1.09 bits per heavy atom. The largest absolute Gasteiger partial charge is 0.497 e. The van der Waals surface area contributed by atoms with Gasteiger partial charge in [0, 0.05) is 6.92 Å². The van der Waals surface area contributed by atoms with Crippen molar-refractivity contribution >= 4 is 34.6 Å². The minimum Gasteiger partial charge on any atom is -0.497 e. The van der Waals surface area contributed by atoms with E-state index < -0.39 is 6.61 Å². The van der Waals surface area contributed by atoms with Crippen molar-refractivity contribution < 1.29 is 27.5 Å². The Bertz CT molecular complexity index is 1190. The molecule has 0 radical (unpaired) electrons. The molecule has 0 saturated carbocycles. The molecule has 0 atom stereocenters. The normalized spacial score (nSPS) is 14.8. The summed E-state index contributed by atoms with van der Waals surface area (Å²) in [7, 11) is 1.57. The number of thioether (sulfide) groups is 1. The standard InChI is InChI=1S/C22H18F2N4O4S/c1-13-26-27-19(31-13)12-33-22-25-18(11-14-3-7-16(30-2)8-4-14)20(29)28(22)15-5-9-17(10-6-15)32-21(23)24/h3-11,21H,12H2,1-2H3/b18-11-. The van der Waals surface area contributed by atoms with Crippen molar-refractivity contribution in [2.24, 2.45) is 4.99 Å². The summed E-state index contributed by atoms with van der Waals surface area (Å²) in [4.78, 5) is 19.1.